The van der Waals surface area contributed by atoms with Gasteiger partial charge in [0, 0.05) is 34.2 Å². The van der Waals surface area contributed by atoms with Crippen molar-refractivity contribution in [3.05, 3.63) is 100 Å². The summed E-state index contributed by atoms with van der Waals surface area (Å²) in [6.45, 7) is 0.236. The standard InChI is InChI=1S/C29H25ClN2O5/c1-36-19-7-5-6-17(14-19)27(33)25-26(21-8-3-4-9-23(21)30)32(29(35)28(25)34)13-12-18-16-31-24-11-10-20(37-2)15-22(18)24/h3-11,14-16,26,31,33H,12-13H2,1-2H3/t26-/m1/s1. The van der Waals surface area contributed by atoms with Crippen LogP contribution in [0, 0.1) is 0 Å². The lowest BCUT2D eigenvalue weighted by atomic mass is 9.95. The number of fused-ring (bicyclic) bond motifs is 1. The molecular formula is C29H25ClN2O5. The Bertz CT molecular complexity index is 1540. The van der Waals surface area contributed by atoms with Gasteiger partial charge in [0.05, 0.1) is 25.8 Å². The first-order chi connectivity index (χ1) is 17.9. The maximum atomic E-state index is 13.3. The van der Waals surface area contributed by atoms with Crippen molar-refractivity contribution in [1.29, 1.82) is 0 Å². The minimum absolute atomic E-state index is 0.00745. The van der Waals surface area contributed by atoms with Crippen molar-refractivity contribution in [1.82, 2.24) is 9.88 Å². The van der Waals surface area contributed by atoms with Crippen LogP contribution in [0.1, 0.15) is 22.7 Å². The van der Waals surface area contributed by atoms with Crippen molar-refractivity contribution in [3.63, 3.8) is 0 Å². The highest BCUT2D eigenvalue weighted by molar-refractivity contribution is 6.47. The summed E-state index contributed by atoms with van der Waals surface area (Å²) in [5.41, 5.74) is 2.85. The molecule has 2 heterocycles. The number of carbonyl (C=O) groups is 2. The molecule has 0 saturated carbocycles. The zero-order valence-corrected chi connectivity index (χ0v) is 21.1. The van der Waals surface area contributed by atoms with E-state index in [0.29, 0.717) is 28.3 Å². The van der Waals surface area contributed by atoms with E-state index in [0.717, 1.165) is 22.2 Å². The fraction of sp³-hybridized carbons (Fsp3) is 0.172. The summed E-state index contributed by atoms with van der Waals surface area (Å²) >= 11 is 6.55. The van der Waals surface area contributed by atoms with E-state index in [1.165, 1.54) is 12.0 Å². The highest BCUT2D eigenvalue weighted by Gasteiger charge is 2.46. The second-order valence-corrected chi connectivity index (χ2v) is 9.13. The number of aromatic amines is 1. The molecule has 1 amide bonds. The number of halogens is 1. The number of rotatable bonds is 7. The maximum Gasteiger partial charge on any atom is 0.295 e. The fourth-order valence-electron chi connectivity index (χ4n) is 4.79. The van der Waals surface area contributed by atoms with Crippen LogP contribution in [0.15, 0.2) is 78.5 Å². The van der Waals surface area contributed by atoms with E-state index >= 15 is 0 Å². The van der Waals surface area contributed by atoms with Crippen LogP contribution in [0.5, 0.6) is 11.5 Å². The van der Waals surface area contributed by atoms with Crippen LogP contribution >= 0.6 is 11.6 Å². The van der Waals surface area contributed by atoms with Gasteiger partial charge in [0.1, 0.15) is 17.3 Å². The van der Waals surface area contributed by atoms with Crippen molar-refractivity contribution in [2.45, 2.75) is 12.5 Å². The Morgan fingerprint density at radius 2 is 1.76 bits per heavy atom. The number of carbonyl (C=O) groups excluding carboxylic acids is 2. The molecule has 0 aliphatic carbocycles. The first-order valence-corrected chi connectivity index (χ1v) is 12.1. The molecule has 1 saturated heterocycles. The SMILES string of the molecule is COc1cccc(C(O)=C2C(=O)C(=O)N(CCc3c[nH]c4ccc(OC)cc34)[C@@H]2c2ccccc2Cl)c1. The predicted octanol–water partition coefficient (Wildman–Crippen LogP) is 5.50. The lowest BCUT2D eigenvalue weighted by Crippen LogP contribution is -2.31. The molecular weight excluding hydrogens is 492 g/mol. The zero-order chi connectivity index (χ0) is 26.1. The molecule has 3 aromatic carbocycles. The van der Waals surface area contributed by atoms with Crippen molar-refractivity contribution in [2.24, 2.45) is 0 Å². The minimum Gasteiger partial charge on any atom is -0.507 e. The van der Waals surface area contributed by atoms with Gasteiger partial charge in [-0.05, 0) is 53.9 Å². The highest BCUT2D eigenvalue weighted by atomic mass is 35.5. The molecule has 1 aliphatic rings. The smallest absolute Gasteiger partial charge is 0.295 e. The average Bonchev–Trinajstić information content (AvgIpc) is 3.44. The van der Waals surface area contributed by atoms with Crippen molar-refractivity contribution in [3.8, 4) is 11.5 Å². The second-order valence-electron chi connectivity index (χ2n) is 8.72. The van der Waals surface area contributed by atoms with Crippen LogP contribution in [-0.4, -0.2) is 47.4 Å². The summed E-state index contributed by atoms with van der Waals surface area (Å²) in [6, 6.07) is 18.6. The Labute approximate surface area is 218 Å². The Morgan fingerprint density at radius 1 is 1.00 bits per heavy atom. The summed E-state index contributed by atoms with van der Waals surface area (Å²) in [5.74, 6) is -0.482. The van der Waals surface area contributed by atoms with Gasteiger partial charge >= 0.3 is 0 Å². The summed E-state index contributed by atoms with van der Waals surface area (Å²) < 4.78 is 10.6. The van der Waals surface area contributed by atoms with E-state index in [4.69, 9.17) is 21.1 Å². The van der Waals surface area contributed by atoms with Crippen LogP contribution < -0.4 is 9.47 Å². The molecule has 7 nitrogen and oxygen atoms in total. The molecule has 1 atom stereocenters. The van der Waals surface area contributed by atoms with Gasteiger partial charge in [-0.2, -0.15) is 0 Å². The molecule has 188 valence electrons. The lowest BCUT2D eigenvalue weighted by Gasteiger charge is -2.26. The lowest BCUT2D eigenvalue weighted by molar-refractivity contribution is -0.139. The summed E-state index contributed by atoms with van der Waals surface area (Å²) in [5, 5.41) is 12.7. The highest BCUT2D eigenvalue weighted by Crippen LogP contribution is 2.42. The van der Waals surface area contributed by atoms with E-state index in [1.807, 2.05) is 24.4 Å². The van der Waals surface area contributed by atoms with E-state index in [9.17, 15) is 14.7 Å². The molecule has 4 aromatic rings. The Balaban J connectivity index is 1.57. The molecule has 8 heteroatoms. The molecule has 1 aliphatic heterocycles. The Hall–Kier alpha value is -4.23. The van der Waals surface area contributed by atoms with Gasteiger partial charge < -0.3 is 24.5 Å². The number of Topliss-reactive ketones (excluding diaryl/α,β-unsaturated/α-hetero) is 1. The third-order valence-electron chi connectivity index (χ3n) is 6.68. The number of benzene rings is 3. The number of H-pyrrole nitrogens is 1. The maximum absolute atomic E-state index is 13.3. The third kappa shape index (κ3) is 4.42. The Morgan fingerprint density at radius 3 is 2.51 bits per heavy atom. The average molecular weight is 517 g/mol. The predicted molar refractivity (Wildman–Crippen MR) is 142 cm³/mol. The summed E-state index contributed by atoms with van der Waals surface area (Å²) in [6.07, 6.45) is 2.36. The first kappa shape index (κ1) is 24.5. The molecule has 0 bridgehead atoms. The molecule has 37 heavy (non-hydrogen) atoms. The van der Waals surface area contributed by atoms with E-state index in [-0.39, 0.29) is 17.9 Å². The molecule has 1 fully saturated rings. The van der Waals surface area contributed by atoms with Gasteiger partial charge in [0.15, 0.2) is 0 Å². The molecule has 0 radical (unpaired) electrons. The van der Waals surface area contributed by atoms with Crippen molar-refractivity contribution >= 4 is 40.0 Å². The zero-order valence-electron chi connectivity index (χ0n) is 20.3. The number of hydrogen-bond donors (Lipinski definition) is 2. The second kappa shape index (κ2) is 10.0. The number of aromatic nitrogens is 1. The van der Waals surface area contributed by atoms with Crippen LogP contribution in [0.4, 0.5) is 0 Å². The van der Waals surface area contributed by atoms with Crippen LogP contribution in [0.3, 0.4) is 0 Å². The van der Waals surface area contributed by atoms with E-state index < -0.39 is 17.7 Å². The van der Waals surface area contributed by atoms with Gasteiger partial charge in [0.25, 0.3) is 11.7 Å². The molecule has 1 aromatic heterocycles. The first-order valence-electron chi connectivity index (χ1n) is 11.7. The third-order valence-corrected chi connectivity index (χ3v) is 7.02. The fourth-order valence-corrected chi connectivity index (χ4v) is 5.03. The number of aliphatic hydroxyl groups is 1. The Kier molecular flexibility index (Phi) is 6.63. The molecule has 0 spiro atoms. The number of likely N-dealkylation sites (tertiary alicyclic amines) is 1. The van der Waals surface area contributed by atoms with Crippen molar-refractivity contribution in [2.75, 3.05) is 20.8 Å². The monoisotopic (exact) mass is 516 g/mol. The van der Waals surface area contributed by atoms with Crippen LogP contribution in [0.25, 0.3) is 16.7 Å². The van der Waals surface area contributed by atoms with Gasteiger partial charge in [-0.25, -0.2) is 0 Å². The van der Waals surface area contributed by atoms with Crippen molar-refractivity contribution < 1.29 is 24.2 Å². The molecule has 2 N–H and O–H groups in total. The van der Waals surface area contributed by atoms with Gasteiger partial charge in [-0.3, -0.25) is 9.59 Å². The van der Waals surface area contributed by atoms with Crippen LogP contribution in [-0.2, 0) is 16.0 Å². The number of ketones is 1. The number of nitrogens with one attached hydrogen (secondary N) is 1. The van der Waals surface area contributed by atoms with E-state index in [1.54, 1.807) is 55.6 Å². The number of nitrogens with zero attached hydrogens (tertiary/aromatic N) is 1. The number of hydrogen-bond acceptors (Lipinski definition) is 5. The largest absolute Gasteiger partial charge is 0.507 e. The van der Waals surface area contributed by atoms with E-state index in [2.05, 4.69) is 4.98 Å². The van der Waals surface area contributed by atoms with Gasteiger partial charge in [-0.1, -0.05) is 41.9 Å². The minimum atomic E-state index is -0.848. The summed E-state index contributed by atoms with van der Waals surface area (Å²) in [4.78, 5) is 31.4. The topological polar surface area (TPSA) is 91.9 Å². The number of ether oxygens (including phenoxy) is 2. The van der Waals surface area contributed by atoms with Crippen LogP contribution in [0.2, 0.25) is 5.02 Å². The number of amides is 1. The quantitative estimate of drug-likeness (QED) is 0.192. The molecule has 5 rings (SSSR count). The van der Waals surface area contributed by atoms with Gasteiger partial charge in [0.2, 0.25) is 0 Å². The number of aliphatic hydroxyl groups excluding tert-OH is 1. The normalized spacial score (nSPS) is 16.9. The number of methoxy groups -OCH3 is 2. The summed E-state index contributed by atoms with van der Waals surface area (Å²) in [7, 11) is 3.13. The van der Waals surface area contributed by atoms with Gasteiger partial charge in [-0.15, -0.1) is 0 Å². The molecule has 0 unspecified atom stereocenters.